The maximum atomic E-state index is 12.3. The number of para-hydroxylation sites is 1. The second kappa shape index (κ2) is 7.49. The molecular weight excluding hydrogens is 294 g/mol. The molecule has 0 atom stereocenters. The van der Waals surface area contributed by atoms with Crippen molar-refractivity contribution in [3.63, 3.8) is 0 Å². The Balaban J connectivity index is 2.14. The van der Waals surface area contributed by atoms with E-state index in [1.165, 1.54) is 22.9 Å². The molecule has 1 heterocycles. The minimum atomic E-state index is -0.00333. The van der Waals surface area contributed by atoms with Gasteiger partial charge in [-0.25, -0.2) is 4.98 Å². The Morgan fingerprint density at radius 1 is 1.23 bits per heavy atom. The molecule has 1 aromatic heterocycles. The number of aromatic nitrogens is 2. The van der Waals surface area contributed by atoms with Gasteiger partial charge in [-0.3, -0.25) is 4.79 Å². The number of hydrogen-bond donors (Lipinski definition) is 2. The van der Waals surface area contributed by atoms with Gasteiger partial charge in [-0.1, -0.05) is 57.7 Å². The van der Waals surface area contributed by atoms with Crippen LogP contribution in [0.15, 0.2) is 35.7 Å². The monoisotopic (exact) mass is 317 g/mol. The van der Waals surface area contributed by atoms with E-state index in [1.807, 2.05) is 0 Å². The lowest BCUT2D eigenvalue weighted by Gasteiger charge is -2.20. The van der Waals surface area contributed by atoms with Crippen molar-refractivity contribution in [2.45, 2.75) is 44.7 Å². The van der Waals surface area contributed by atoms with E-state index in [0.29, 0.717) is 17.6 Å². The van der Waals surface area contributed by atoms with Crippen molar-refractivity contribution in [2.24, 2.45) is 0 Å². The third-order valence-electron chi connectivity index (χ3n) is 3.45. The second-order valence-corrected chi connectivity index (χ2v) is 6.82. The predicted molar refractivity (Wildman–Crippen MR) is 92.6 cm³/mol. The van der Waals surface area contributed by atoms with Gasteiger partial charge in [-0.05, 0) is 23.0 Å². The highest BCUT2D eigenvalue weighted by Gasteiger charge is 2.16. The number of anilines is 1. The number of carbonyl (C=O) groups is 1. The van der Waals surface area contributed by atoms with Crippen molar-refractivity contribution in [2.75, 3.05) is 11.1 Å². The van der Waals surface area contributed by atoms with Crippen molar-refractivity contribution in [3.8, 4) is 0 Å². The van der Waals surface area contributed by atoms with Crippen LogP contribution in [-0.2, 0) is 4.79 Å². The van der Waals surface area contributed by atoms with Crippen LogP contribution in [0.25, 0.3) is 0 Å². The third kappa shape index (κ3) is 4.13. The highest BCUT2D eigenvalue weighted by atomic mass is 32.2. The number of H-pyrrole nitrogens is 1. The molecular formula is C17H23N3OS. The van der Waals surface area contributed by atoms with Crippen molar-refractivity contribution < 1.29 is 4.79 Å². The van der Waals surface area contributed by atoms with E-state index in [4.69, 9.17) is 0 Å². The van der Waals surface area contributed by atoms with Crippen molar-refractivity contribution in [1.29, 1.82) is 0 Å². The fourth-order valence-corrected chi connectivity index (χ4v) is 2.96. The zero-order chi connectivity index (χ0) is 16.1. The molecule has 0 aliphatic carbocycles. The summed E-state index contributed by atoms with van der Waals surface area (Å²) in [6.45, 7) is 8.58. The number of nitrogens with one attached hydrogen (secondary N) is 2. The second-order valence-electron chi connectivity index (χ2n) is 5.85. The molecule has 0 bridgehead atoms. The van der Waals surface area contributed by atoms with Crippen molar-refractivity contribution in [1.82, 2.24) is 9.97 Å². The van der Waals surface area contributed by atoms with E-state index in [9.17, 15) is 4.79 Å². The van der Waals surface area contributed by atoms with Crippen molar-refractivity contribution in [3.05, 3.63) is 41.7 Å². The third-order valence-corrected chi connectivity index (χ3v) is 4.35. The number of nitrogens with zero attached hydrogens (tertiary/aromatic N) is 1. The van der Waals surface area contributed by atoms with E-state index >= 15 is 0 Å². The molecule has 2 rings (SSSR count). The van der Waals surface area contributed by atoms with E-state index in [0.717, 1.165) is 10.8 Å². The van der Waals surface area contributed by atoms with Crippen LogP contribution in [0.1, 0.15) is 50.7 Å². The van der Waals surface area contributed by atoms with Crippen molar-refractivity contribution >= 4 is 23.4 Å². The molecule has 0 saturated heterocycles. The molecule has 2 N–H and O–H groups in total. The predicted octanol–water partition coefficient (Wildman–Crippen LogP) is 4.39. The molecule has 118 valence electrons. The quantitative estimate of drug-likeness (QED) is 0.777. The molecule has 22 heavy (non-hydrogen) atoms. The van der Waals surface area contributed by atoms with E-state index in [1.54, 1.807) is 12.4 Å². The summed E-state index contributed by atoms with van der Waals surface area (Å²) in [5.41, 5.74) is 3.34. The fourth-order valence-electron chi connectivity index (χ4n) is 2.33. The van der Waals surface area contributed by atoms with Gasteiger partial charge in [0.1, 0.15) is 0 Å². The normalized spacial score (nSPS) is 11.2. The Hall–Kier alpha value is -1.75. The first kappa shape index (κ1) is 16.6. The number of thioether (sulfide) groups is 1. The molecule has 4 nitrogen and oxygen atoms in total. The molecule has 0 unspecified atom stereocenters. The first-order valence-electron chi connectivity index (χ1n) is 7.54. The summed E-state index contributed by atoms with van der Waals surface area (Å²) in [7, 11) is 0. The lowest BCUT2D eigenvalue weighted by molar-refractivity contribution is -0.113. The summed E-state index contributed by atoms with van der Waals surface area (Å²) < 4.78 is 0. The Morgan fingerprint density at radius 3 is 2.36 bits per heavy atom. The maximum Gasteiger partial charge on any atom is 0.234 e. The smallest absolute Gasteiger partial charge is 0.234 e. The first-order valence-corrected chi connectivity index (χ1v) is 8.52. The SMILES string of the molecule is CC(C)c1cccc(C(C)C)c1NC(=O)CSc1ncc[nH]1. The molecule has 1 amide bonds. The van der Waals surface area contributed by atoms with Gasteiger partial charge in [0.2, 0.25) is 5.91 Å². The molecule has 0 radical (unpaired) electrons. The van der Waals surface area contributed by atoms with Gasteiger partial charge in [-0.2, -0.15) is 0 Å². The molecule has 1 aromatic carbocycles. The zero-order valence-electron chi connectivity index (χ0n) is 13.5. The number of hydrogen-bond acceptors (Lipinski definition) is 3. The molecule has 0 fully saturated rings. The summed E-state index contributed by atoms with van der Waals surface area (Å²) in [6.07, 6.45) is 3.44. The molecule has 0 saturated carbocycles. The van der Waals surface area contributed by atoms with E-state index < -0.39 is 0 Å². The van der Waals surface area contributed by atoms with Gasteiger partial charge in [0.15, 0.2) is 5.16 Å². The van der Waals surface area contributed by atoms with Gasteiger partial charge in [0.05, 0.1) is 5.75 Å². The molecule has 5 heteroatoms. The van der Waals surface area contributed by atoms with Gasteiger partial charge in [0, 0.05) is 18.1 Å². The number of amides is 1. The van der Waals surface area contributed by atoms with Crippen LogP contribution >= 0.6 is 11.8 Å². The summed E-state index contributed by atoms with van der Waals surface area (Å²) in [6, 6.07) is 6.25. The van der Waals surface area contributed by atoms with Crippen LogP contribution < -0.4 is 5.32 Å². The fraction of sp³-hybridized carbons (Fsp3) is 0.412. The number of benzene rings is 1. The van der Waals surface area contributed by atoms with Crippen LogP contribution in [0.4, 0.5) is 5.69 Å². The highest BCUT2D eigenvalue weighted by molar-refractivity contribution is 7.99. The average Bonchev–Trinajstić information content (AvgIpc) is 2.98. The van der Waals surface area contributed by atoms with Crippen LogP contribution in [0.3, 0.4) is 0 Å². The largest absolute Gasteiger partial charge is 0.340 e. The zero-order valence-corrected chi connectivity index (χ0v) is 14.3. The Labute approximate surface area is 136 Å². The minimum Gasteiger partial charge on any atom is -0.340 e. The molecule has 0 aliphatic rings. The van der Waals surface area contributed by atoms with Gasteiger partial charge in [0.25, 0.3) is 0 Å². The number of carbonyl (C=O) groups excluding carboxylic acids is 1. The Bertz CT molecular complexity index is 595. The number of aromatic amines is 1. The average molecular weight is 317 g/mol. The summed E-state index contributed by atoms with van der Waals surface area (Å²) in [5, 5.41) is 3.86. The van der Waals surface area contributed by atoms with Crippen LogP contribution in [-0.4, -0.2) is 21.6 Å². The van der Waals surface area contributed by atoms with Crippen LogP contribution in [0.5, 0.6) is 0 Å². The topological polar surface area (TPSA) is 57.8 Å². The van der Waals surface area contributed by atoms with Gasteiger partial charge >= 0.3 is 0 Å². The minimum absolute atomic E-state index is 0.00333. The standard InChI is InChI=1S/C17H23N3OS/c1-11(2)13-6-5-7-14(12(3)4)16(13)20-15(21)10-22-17-18-8-9-19-17/h5-9,11-12H,10H2,1-4H3,(H,18,19)(H,20,21). The van der Waals surface area contributed by atoms with Gasteiger partial charge in [-0.15, -0.1) is 0 Å². The lowest BCUT2D eigenvalue weighted by Crippen LogP contribution is -2.17. The molecule has 0 aliphatic heterocycles. The van der Waals surface area contributed by atoms with Crippen LogP contribution in [0, 0.1) is 0 Å². The van der Waals surface area contributed by atoms with Crippen LogP contribution in [0.2, 0.25) is 0 Å². The maximum absolute atomic E-state index is 12.3. The number of imidazole rings is 1. The highest BCUT2D eigenvalue weighted by Crippen LogP contribution is 2.32. The summed E-state index contributed by atoms with van der Waals surface area (Å²) >= 11 is 1.40. The first-order chi connectivity index (χ1) is 10.5. The number of rotatable bonds is 6. The van der Waals surface area contributed by atoms with E-state index in [2.05, 4.69) is 61.2 Å². The Morgan fingerprint density at radius 2 is 1.86 bits per heavy atom. The van der Waals surface area contributed by atoms with E-state index in [-0.39, 0.29) is 5.91 Å². The summed E-state index contributed by atoms with van der Waals surface area (Å²) in [4.78, 5) is 19.4. The lowest BCUT2D eigenvalue weighted by atomic mass is 9.92. The Kier molecular flexibility index (Phi) is 5.66. The van der Waals surface area contributed by atoms with Gasteiger partial charge < -0.3 is 10.3 Å². The molecule has 2 aromatic rings. The molecule has 0 spiro atoms. The summed E-state index contributed by atoms with van der Waals surface area (Å²) in [5.74, 6) is 1.08.